The number of nitro groups is 1. The van der Waals surface area contributed by atoms with Crippen LogP contribution in [0.2, 0.25) is 0 Å². The fourth-order valence-corrected chi connectivity index (χ4v) is 1.64. The zero-order valence-corrected chi connectivity index (χ0v) is 9.44. The highest BCUT2D eigenvalue weighted by atomic mass is 35.5. The van der Waals surface area contributed by atoms with Crippen LogP contribution in [0.4, 0.5) is 23.2 Å². The zero-order valence-electron chi connectivity index (χ0n) is 7.87. The van der Waals surface area contributed by atoms with Crippen molar-refractivity contribution in [2.24, 2.45) is 0 Å². The Labute approximate surface area is 102 Å². The molecule has 9 heteroatoms. The first-order valence-corrected chi connectivity index (χ1v) is 5.21. The number of non-ortho nitro benzene ring substituents is 1. The molecule has 1 rings (SSSR count). The van der Waals surface area contributed by atoms with Crippen molar-refractivity contribution in [3.8, 4) is 0 Å². The fourth-order valence-electron chi connectivity index (χ4n) is 0.842. The molecule has 0 aromatic heterocycles. The summed E-state index contributed by atoms with van der Waals surface area (Å²) in [5, 5.41) is 1.08. The minimum absolute atomic E-state index is 0.249. The predicted octanol–water partition coefficient (Wildman–Crippen LogP) is 4.11. The van der Waals surface area contributed by atoms with Gasteiger partial charge in [0.15, 0.2) is 0 Å². The molecule has 0 saturated carbocycles. The number of hydrogen-bond acceptors (Lipinski definition) is 3. The number of rotatable bonds is 4. The molecule has 1 aromatic rings. The Morgan fingerprint density at radius 1 is 1.18 bits per heavy atom. The van der Waals surface area contributed by atoms with Crippen molar-refractivity contribution in [1.82, 2.24) is 0 Å². The summed E-state index contributed by atoms with van der Waals surface area (Å²) in [6.07, 6.45) is 0. The molecular formula is C8H4ClF4NO2S. The first kappa shape index (κ1) is 14.0. The van der Waals surface area contributed by atoms with Crippen molar-refractivity contribution in [3.63, 3.8) is 0 Å². The second-order valence-corrected chi connectivity index (χ2v) is 4.53. The Kier molecular flexibility index (Phi) is 3.88. The van der Waals surface area contributed by atoms with E-state index in [0.29, 0.717) is 0 Å². The van der Waals surface area contributed by atoms with Crippen LogP contribution < -0.4 is 0 Å². The van der Waals surface area contributed by atoms with Crippen LogP contribution in [0, 0.1) is 10.1 Å². The SMILES string of the molecule is O=[N+]([O-])c1ccc(SC(F)(F)C(F)(F)Cl)cc1. The van der Waals surface area contributed by atoms with Gasteiger partial charge in [0.05, 0.1) is 4.92 Å². The summed E-state index contributed by atoms with van der Waals surface area (Å²) in [6, 6.07) is 3.76. The van der Waals surface area contributed by atoms with Crippen LogP contribution >= 0.6 is 23.4 Å². The van der Waals surface area contributed by atoms with E-state index in [2.05, 4.69) is 11.6 Å². The second kappa shape index (κ2) is 4.69. The van der Waals surface area contributed by atoms with Crippen LogP contribution in [-0.2, 0) is 0 Å². The van der Waals surface area contributed by atoms with E-state index >= 15 is 0 Å². The molecule has 0 aliphatic rings. The van der Waals surface area contributed by atoms with Crippen molar-refractivity contribution in [2.75, 3.05) is 0 Å². The maximum Gasteiger partial charge on any atom is 0.394 e. The van der Waals surface area contributed by atoms with Crippen LogP contribution in [0.5, 0.6) is 0 Å². The number of benzene rings is 1. The number of nitro benzene ring substituents is 1. The predicted molar refractivity (Wildman–Crippen MR) is 54.7 cm³/mol. The summed E-state index contributed by atoms with van der Waals surface area (Å²) >= 11 is 3.78. The summed E-state index contributed by atoms with van der Waals surface area (Å²) < 4.78 is 50.2. The lowest BCUT2D eigenvalue weighted by Gasteiger charge is -2.19. The van der Waals surface area contributed by atoms with Crippen molar-refractivity contribution < 1.29 is 22.5 Å². The van der Waals surface area contributed by atoms with E-state index in [-0.39, 0.29) is 10.6 Å². The van der Waals surface area contributed by atoms with Gasteiger partial charge in [-0.2, -0.15) is 17.6 Å². The van der Waals surface area contributed by atoms with Crippen LogP contribution in [0.25, 0.3) is 0 Å². The average Bonchev–Trinajstić information content (AvgIpc) is 2.16. The van der Waals surface area contributed by atoms with Gasteiger partial charge in [0.1, 0.15) is 0 Å². The molecule has 94 valence electrons. The molecule has 0 saturated heterocycles. The largest absolute Gasteiger partial charge is 0.394 e. The standard InChI is InChI=1S/C8H4ClF4NO2S/c9-7(10,11)8(12,13)17-6-3-1-5(2-4-6)14(15)16/h1-4H. The molecule has 0 aliphatic carbocycles. The first-order chi connectivity index (χ1) is 7.63. The highest BCUT2D eigenvalue weighted by Crippen LogP contribution is 2.48. The van der Waals surface area contributed by atoms with Crippen LogP contribution in [-0.4, -0.2) is 15.6 Å². The van der Waals surface area contributed by atoms with E-state index < -0.39 is 27.3 Å². The Balaban J connectivity index is 2.86. The molecule has 0 bridgehead atoms. The first-order valence-electron chi connectivity index (χ1n) is 4.01. The summed E-state index contributed by atoms with van der Waals surface area (Å²) in [7, 11) is 0. The fraction of sp³-hybridized carbons (Fsp3) is 0.250. The van der Waals surface area contributed by atoms with E-state index in [9.17, 15) is 27.7 Å². The smallest absolute Gasteiger partial charge is 0.258 e. The monoisotopic (exact) mass is 289 g/mol. The van der Waals surface area contributed by atoms with E-state index in [1.54, 1.807) is 0 Å². The minimum Gasteiger partial charge on any atom is -0.258 e. The molecule has 0 spiro atoms. The van der Waals surface area contributed by atoms with Gasteiger partial charge in [0, 0.05) is 17.0 Å². The summed E-state index contributed by atoms with van der Waals surface area (Å²) in [5.41, 5.74) is -0.324. The summed E-state index contributed by atoms with van der Waals surface area (Å²) in [4.78, 5) is 9.28. The summed E-state index contributed by atoms with van der Waals surface area (Å²) in [5.74, 6) is 0. The van der Waals surface area contributed by atoms with Crippen LogP contribution in [0.1, 0.15) is 0 Å². The van der Waals surface area contributed by atoms with Gasteiger partial charge in [0.2, 0.25) is 0 Å². The lowest BCUT2D eigenvalue weighted by atomic mass is 10.3. The van der Waals surface area contributed by atoms with Gasteiger partial charge in [-0.3, -0.25) is 10.1 Å². The highest BCUT2D eigenvalue weighted by Gasteiger charge is 2.56. The van der Waals surface area contributed by atoms with E-state index in [0.717, 1.165) is 24.3 Å². The molecule has 0 N–H and O–H groups in total. The molecule has 0 heterocycles. The topological polar surface area (TPSA) is 43.1 Å². The lowest BCUT2D eigenvalue weighted by Crippen LogP contribution is -2.31. The zero-order chi connectivity index (χ0) is 13.3. The van der Waals surface area contributed by atoms with Gasteiger partial charge < -0.3 is 0 Å². The Morgan fingerprint density at radius 3 is 2.00 bits per heavy atom. The molecule has 0 aliphatic heterocycles. The maximum absolute atomic E-state index is 12.8. The number of halogens is 5. The van der Waals surface area contributed by atoms with Crippen molar-refractivity contribution >= 4 is 29.1 Å². The number of thioether (sulfide) groups is 1. The highest BCUT2D eigenvalue weighted by molar-refractivity contribution is 8.00. The molecule has 0 fully saturated rings. The van der Waals surface area contributed by atoms with Gasteiger partial charge in [0.25, 0.3) is 5.69 Å². The molecule has 3 nitrogen and oxygen atoms in total. The van der Waals surface area contributed by atoms with Gasteiger partial charge in [-0.1, -0.05) is 0 Å². The molecule has 0 atom stereocenters. The van der Waals surface area contributed by atoms with Gasteiger partial charge in [-0.25, -0.2) is 0 Å². The quantitative estimate of drug-likeness (QED) is 0.275. The second-order valence-electron chi connectivity index (χ2n) is 2.87. The number of alkyl halides is 5. The number of nitrogens with zero attached hydrogens (tertiary/aromatic N) is 1. The molecular weight excluding hydrogens is 286 g/mol. The van der Waals surface area contributed by atoms with Crippen molar-refractivity contribution in [2.45, 2.75) is 15.5 Å². The normalized spacial score (nSPS) is 12.5. The Bertz CT molecular complexity index is 421. The van der Waals surface area contributed by atoms with Gasteiger partial charge in [-0.05, 0) is 35.5 Å². The third kappa shape index (κ3) is 3.47. The summed E-state index contributed by atoms with van der Waals surface area (Å²) in [6.45, 7) is 0. The molecule has 17 heavy (non-hydrogen) atoms. The Hall–Kier alpha value is -1.02. The Morgan fingerprint density at radius 2 is 1.65 bits per heavy atom. The van der Waals surface area contributed by atoms with Crippen molar-refractivity contribution in [1.29, 1.82) is 0 Å². The molecule has 0 radical (unpaired) electrons. The van der Waals surface area contributed by atoms with Gasteiger partial charge in [-0.15, -0.1) is 0 Å². The molecule has 0 amide bonds. The lowest BCUT2D eigenvalue weighted by molar-refractivity contribution is -0.384. The van der Waals surface area contributed by atoms with E-state index in [4.69, 9.17) is 0 Å². The third-order valence-corrected chi connectivity index (χ3v) is 2.99. The van der Waals surface area contributed by atoms with Crippen LogP contribution in [0.15, 0.2) is 29.2 Å². The average molecular weight is 290 g/mol. The van der Waals surface area contributed by atoms with Crippen molar-refractivity contribution in [3.05, 3.63) is 34.4 Å². The minimum atomic E-state index is -4.69. The third-order valence-electron chi connectivity index (χ3n) is 1.62. The number of hydrogen-bond donors (Lipinski definition) is 0. The van der Waals surface area contributed by atoms with Gasteiger partial charge >= 0.3 is 10.6 Å². The molecule has 0 unspecified atom stereocenters. The van der Waals surface area contributed by atoms with E-state index in [1.165, 1.54) is 0 Å². The van der Waals surface area contributed by atoms with E-state index in [1.807, 2.05) is 0 Å². The maximum atomic E-state index is 12.8. The van der Waals surface area contributed by atoms with Crippen LogP contribution in [0.3, 0.4) is 0 Å². The molecule has 1 aromatic carbocycles.